The van der Waals surface area contributed by atoms with Gasteiger partial charge in [-0.25, -0.2) is 9.97 Å². The van der Waals surface area contributed by atoms with Crippen LogP contribution in [0.2, 0.25) is 0 Å². The van der Waals surface area contributed by atoms with E-state index in [0.29, 0.717) is 0 Å². The number of fused-ring (bicyclic) bond motifs is 1. The molecule has 2 aliphatic rings. The summed E-state index contributed by atoms with van der Waals surface area (Å²) in [6.07, 6.45) is 3.93. The predicted octanol–water partition coefficient (Wildman–Crippen LogP) is 2.19. The highest BCUT2D eigenvalue weighted by Crippen LogP contribution is 2.26. The minimum absolute atomic E-state index is 0.916. The van der Waals surface area contributed by atoms with Gasteiger partial charge in [0.2, 0.25) is 0 Å². The van der Waals surface area contributed by atoms with Crippen molar-refractivity contribution in [3.05, 3.63) is 47.4 Å². The highest BCUT2D eigenvalue weighted by molar-refractivity contribution is 5.49. The van der Waals surface area contributed by atoms with Gasteiger partial charge < -0.3 is 14.5 Å². The summed E-state index contributed by atoms with van der Waals surface area (Å²) in [4.78, 5) is 16.6. The normalized spacial score (nSPS) is 18.8. The molecule has 0 N–H and O–H groups in total. The molecule has 0 bridgehead atoms. The largest absolute Gasteiger partial charge is 0.497 e. The summed E-state index contributed by atoms with van der Waals surface area (Å²) in [5.74, 6) is 2.07. The number of hydrogen-bond acceptors (Lipinski definition) is 6. The van der Waals surface area contributed by atoms with Crippen molar-refractivity contribution < 1.29 is 4.74 Å². The summed E-state index contributed by atoms with van der Waals surface area (Å²) in [6, 6.07) is 8.42. The highest BCUT2D eigenvalue weighted by Gasteiger charge is 2.23. The van der Waals surface area contributed by atoms with Crippen molar-refractivity contribution >= 4 is 5.82 Å². The summed E-state index contributed by atoms with van der Waals surface area (Å²) in [7, 11) is 3.89. The number of methoxy groups -OCH3 is 1. The first-order chi connectivity index (χ1) is 13.2. The molecule has 0 atom stereocenters. The van der Waals surface area contributed by atoms with Gasteiger partial charge in [-0.05, 0) is 31.2 Å². The van der Waals surface area contributed by atoms with E-state index in [4.69, 9.17) is 4.74 Å². The van der Waals surface area contributed by atoms with E-state index in [0.717, 1.165) is 70.2 Å². The molecule has 1 fully saturated rings. The summed E-state index contributed by atoms with van der Waals surface area (Å²) < 4.78 is 5.26. The van der Waals surface area contributed by atoms with Gasteiger partial charge in [0.25, 0.3) is 0 Å². The van der Waals surface area contributed by atoms with Crippen LogP contribution < -0.4 is 9.64 Å². The van der Waals surface area contributed by atoms with Crippen molar-refractivity contribution in [3.8, 4) is 5.75 Å². The van der Waals surface area contributed by atoms with E-state index in [2.05, 4.69) is 43.8 Å². The van der Waals surface area contributed by atoms with Gasteiger partial charge in [-0.15, -0.1) is 0 Å². The molecule has 0 amide bonds. The second-order valence-electron chi connectivity index (χ2n) is 7.58. The molecule has 144 valence electrons. The lowest BCUT2D eigenvalue weighted by Gasteiger charge is -2.30. The molecule has 2 aliphatic heterocycles. The molecule has 1 aromatic heterocycles. The molecular formula is C21H29N5O. The molecule has 3 heterocycles. The van der Waals surface area contributed by atoms with Crippen molar-refractivity contribution in [1.29, 1.82) is 0 Å². The van der Waals surface area contributed by atoms with Crippen LogP contribution in [0.25, 0.3) is 0 Å². The number of aromatic nitrogens is 2. The molecule has 0 radical (unpaired) electrons. The van der Waals surface area contributed by atoms with Gasteiger partial charge in [0.05, 0.1) is 12.8 Å². The molecule has 1 saturated heterocycles. The lowest BCUT2D eigenvalue weighted by Crippen LogP contribution is -2.34. The maximum Gasteiger partial charge on any atom is 0.136 e. The maximum absolute atomic E-state index is 5.26. The smallest absolute Gasteiger partial charge is 0.136 e. The average molecular weight is 367 g/mol. The SMILES string of the molecule is COc1ccc(CN2CCCN(c3ncnc4c3CN(C)CC4)CC2)cc1. The first-order valence-corrected chi connectivity index (χ1v) is 9.84. The van der Waals surface area contributed by atoms with Gasteiger partial charge in [-0.2, -0.15) is 0 Å². The lowest BCUT2D eigenvalue weighted by atomic mass is 10.1. The molecule has 4 rings (SSSR count). The van der Waals surface area contributed by atoms with Gasteiger partial charge in [0.15, 0.2) is 0 Å². The number of likely N-dealkylation sites (N-methyl/N-ethyl adjacent to an activating group) is 1. The average Bonchev–Trinajstić information content (AvgIpc) is 2.93. The minimum atomic E-state index is 0.916. The molecule has 27 heavy (non-hydrogen) atoms. The molecule has 6 heteroatoms. The summed E-state index contributed by atoms with van der Waals surface area (Å²) in [6.45, 7) is 7.28. The lowest BCUT2D eigenvalue weighted by molar-refractivity contribution is 0.285. The Kier molecular flexibility index (Phi) is 5.55. The van der Waals surface area contributed by atoms with Crippen molar-refractivity contribution in [2.45, 2.75) is 25.9 Å². The second kappa shape index (κ2) is 8.23. The summed E-state index contributed by atoms with van der Waals surface area (Å²) in [5.41, 5.74) is 3.90. The molecule has 2 aromatic rings. The van der Waals surface area contributed by atoms with Crippen molar-refractivity contribution in [2.24, 2.45) is 0 Å². The Morgan fingerprint density at radius 2 is 1.85 bits per heavy atom. The molecule has 0 unspecified atom stereocenters. The number of anilines is 1. The third-order valence-electron chi connectivity index (χ3n) is 5.62. The fourth-order valence-corrected chi connectivity index (χ4v) is 4.06. The number of benzene rings is 1. The molecule has 1 aromatic carbocycles. The Morgan fingerprint density at radius 3 is 2.67 bits per heavy atom. The first-order valence-electron chi connectivity index (χ1n) is 9.84. The summed E-state index contributed by atoms with van der Waals surface area (Å²) in [5, 5.41) is 0. The monoisotopic (exact) mass is 367 g/mol. The van der Waals surface area contributed by atoms with Crippen molar-refractivity contribution in [1.82, 2.24) is 19.8 Å². The number of hydrogen-bond donors (Lipinski definition) is 0. The van der Waals surface area contributed by atoms with Crippen LogP contribution in [0.3, 0.4) is 0 Å². The molecule has 0 spiro atoms. The van der Waals surface area contributed by atoms with Crippen LogP contribution in [0.4, 0.5) is 5.82 Å². The van der Waals surface area contributed by atoms with Crippen LogP contribution in [-0.4, -0.2) is 66.6 Å². The quantitative estimate of drug-likeness (QED) is 0.825. The third kappa shape index (κ3) is 4.22. The van der Waals surface area contributed by atoms with Gasteiger partial charge in [0.1, 0.15) is 17.9 Å². The van der Waals surface area contributed by atoms with E-state index >= 15 is 0 Å². The van der Waals surface area contributed by atoms with E-state index < -0.39 is 0 Å². The van der Waals surface area contributed by atoms with Gasteiger partial charge in [0, 0.05) is 57.8 Å². The van der Waals surface area contributed by atoms with E-state index in [1.54, 1.807) is 13.4 Å². The Morgan fingerprint density at radius 1 is 1.00 bits per heavy atom. The standard InChI is InChI=1S/C21H29N5O/c1-24-11-8-20-19(15-24)21(23-16-22-20)26-10-3-9-25(12-13-26)14-17-4-6-18(27-2)7-5-17/h4-7,16H,3,8-15H2,1-2H3. The van der Waals surface area contributed by atoms with Crippen LogP contribution in [-0.2, 0) is 19.5 Å². The fraction of sp³-hybridized carbons (Fsp3) is 0.524. The summed E-state index contributed by atoms with van der Waals surface area (Å²) >= 11 is 0. The third-order valence-corrected chi connectivity index (χ3v) is 5.62. The van der Waals surface area contributed by atoms with Crippen LogP contribution >= 0.6 is 0 Å². The Hall–Kier alpha value is -2.18. The zero-order valence-corrected chi connectivity index (χ0v) is 16.4. The van der Waals surface area contributed by atoms with Crippen LogP contribution in [0.1, 0.15) is 23.2 Å². The van der Waals surface area contributed by atoms with E-state index in [1.165, 1.54) is 16.8 Å². The van der Waals surface area contributed by atoms with Gasteiger partial charge in [-0.1, -0.05) is 12.1 Å². The topological polar surface area (TPSA) is 44.7 Å². The predicted molar refractivity (Wildman–Crippen MR) is 107 cm³/mol. The molecule has 6 nitrogen and oxygen atoms in total. The van der Waals surface area contributed by atoms with Gasteiger partial charge in [-0.3, -0.25) is 4.90 Å². The Bertz CT molecular complexity index is 764. The van der Waals surface area contributed by atoms with Crippen molar-refractivity contribution in [2.75, 3.05) is 51.8 Å². The molecule has 0 saturated carbocycles. The van der Waals surface area contributed by atoms with Crippen LogP contribution in [0.5, 0.6) is 5.75 Å². The van der Waals surface area contributed by atoms with Crippen LogP contribution in [0, 0.1) is 0 Å². The minimum Gasteiger partial charge on any atom is -0.497 e. The maximum atomic E-state index is 5.26. The molecule has 0 aliphatic carbocycles. The van der Waals surface area contributed by atoms with E-state index in [1.807, 2.05) is 12.1 Å². The zero-order valence-electron chi connectivity index (χ0n) is 16.4. The second-order valence-corrected chi connectivity index (χ2v) is 7.58. The number of nitrogens with zero attached hydrogens (tertiary/aromatic N) is 5. The van der Waals surface area contributed by atoms with Gasteiger partial charge >= 0.3 is 0 Å². The Balaban J connectivity index is 1.43. The number of ether oxygens (including phenoxy) is 1. The molecular weight excluding hydrogens is 338 g/mol. The zero-order chi connectivity index (χ0) is 18.6. The highest BCUT2D eigenvalue weighted by atomic mass is 16.5. The van der Waals surface area contributed by atoms with E-state index in [9.17, 15) is 0 Å². The Labute approximate surface area is 161 Å². The van der Waals surface area contributed by atoms with E-state index in [-0.39, 0.29) is 0 Å². The van der Waals surface area contributed by atoms with Crippen LogP contribution in [0.15, 0.2) is 30.6 Å². The first kappa shape index (κ1) is 18.2. The van der Waals surface area contributed by atoms with Crippen molar-refractivity contribution in [3.63, 3.8) is 0 Å². The fourth-order valence-electron chi connectivity index (χ4n) is 4.06. The number of rotatable bonds is 4.